The molecule has 2 aliphatic rings. The molecule has 0 spiro atoms. The van der Waals surface area contributed by atoms with Crippen LogP contribution in [0.15, 0.2) is 54.6 Å². The third-order valence-electron chi connectivity index (χ3n) is 6.84. The summed E-state index contributed by atoms with van der Waals surface area (Å²) in [6.45, 7) is 12.9. The van der Waals surface area contributed by atoms with Crippen LogP contribution in [0.2, 0.25) is 0 Å². The van der Waals surface area contributed by atoms with Gasteiger partial charge in [-0.15, -0.1) is 0 Å². The monoisotopic (exact) mass is 388 g/mol. The SMILES string of the molecule is C[N+]1=C(/C=C/c2ccc(B3OC(C)(C)C(C)(C)O3)cc2)C(C)(C)c2ccccc21. The highest BCUT2D eigenvalue weighted by molar-refractivity contribution is 6.62. The fourth-order valence-electron chi connectivity index (χ4n) is 4.22. The van der Waals surface area contributed by atoms with Crippen molar-refractivity contribution in [3.63, 3.8) is 0 Å². The molecule has 2 heterocycles. The maximum Gasteiger partial charge on any atom is 0.494 e. The molecule has 1 fully saturated rings. The average Bonchev–Trinajstić information content (AvgIpc) is 3.00. The molecule has 29 heavy (non-hydrogen) atoms. The number of rotatable bonds is 3. The Kier molecular flexibility index (Phi) is 4.64. The standard InChI is InChI=1S/C25H31BNO2/c1-23(2)20-10-8-9-11-21(20)27(7)22(23)17-14-18-12-15-19(16-13-18)26-28-24(3,4)25(5,6)29-26/h8-17H,1-7H3/q+1/b17-14+. The first-order valence-corrected chi connectivity index (χ1v) is 10.4. The first-order valence-electron chi connectivity index (χ1n) is 10.4. The zero-order valence-corrected chi connectivity index (χ0v) is 18.6. The van der Waals surface area contributed by atoms with Crippen LogP contribution in [0.4, 0.5) is 5.69 Å². The maximum absolute atomic E-state index is 6.16. The lowest BCUT2D eigenvalue weighted by Gasteiger charge is -2.32. The van der Waals surface area contributed by atoms with E-state index in [1.807, 2.05) is 0 Å². The van der Waals surface area contributed by atoms with Crippen molar-refractivity contribution in [3.8, 4) is 0 Å². The molecule has 0 atom stereocenters. The van der Waals surface area contributed by atoms with E-state index in [0.717, 1.165) is 11.0 Å². The van der Waals surface area contributed by atoms with Gasteiger partial charge in [-0.25, -0.2) is 0 Å². The molecule has 4 rings (SSSR count). The topological polar surface area (TPSA) is 21.5 Å². The van der Waals surface area contributed by atoms with Gasteiger partial charge in [-0.05, 0) is 58.6 Å². The largest absolute Gasteiger partial charge is 0.494 e. The summed E-state index contributed by atoms with van der Waals surface area (Å²) in [6, 6.07) is 17.1. The molecule has 150 valence electrons. The van der Waals surface area contributed by atoms with E-state index in [1.54, 1.807) is 0 Å². The van der Waals surface area contributed by atoms with Crippen molar-refractivity contribution in [2.75, 3.05) is 7.05 Å². The van der Waals surface area contributed by atoms with Gasteiger partial charge in [0.2, 0.25) is 5.69 Å². The number of hydrogen-bond donors (Lipinski definition) is 0. The van der Waals surface area contributed by atoms with Gasteiger partial charge in [0.15, 0.2) is 5.71 Å². The minimum Gasteiger partial charge on any atom is -0.399 e. The number of nitrogens with zero attached hydrogens (tertiary/aromatic N) is 1. The van der Waals surface area contributed by atoms with E-state index >= 15 is 0 Å². The van der Waals surface area contributed by atoms with Crippen LogP contribution in [0, 0.1) is 0 Å². The van der Waals surface area contributed by atoms with Crippen LogP contribution in [0.5, 0.6) is 0 Å². The fourth-order valence-corrected chi connectivity index (χ4v) is 4.22. The second-order valence-electron chi connectivity index (χ2n) is 9.67. The highest BCUT2D eigenvalue weighted by Crippen LogP contribution is 2.39. The van der Waals surface area contributed by atoms with Crippen molar-refractivity contribution >= 4 is 30.1 Å². The Balaban J connectivity index is 1.55. The Bertz CT molecular complexity index is 984. The summed E-state index contributed by atoms with van der Waals surface area (Å²) < 4.78 is 14.6. The number of hydrogen-bond acceptors (Lipinski definition) is 2. The minimum absolute atomic E-state index is 0.00945. The van der Waals surface area contributed by atoms with Gasteiger partial charge >= 0.3 is 7.12 Å². The molecule has 2 aliphatic heterocycles. The van der Waals surface area contributed by atoms with Crippen LogP contribution in [-0.2, 0) is 14.7 Å². The maximum atomic E-state index is 6.16. The quantitative estimate of drug-likeness (QED) is 0.561. The molecule has 0 aliphatic carbocycles. The second kappa shape index (κ2) is 6.68. The van der Waals surface area contributed by atoms with Crippen molar-refractivity contribution in [1.82, 2.24) is 0 Å². The average molecular weight is 388 g/mol. The molecule has 0 N–H and O–H groups in total. The zero-order valence-electron chi connectivity index (χ0n) is 18.6. The van der Waals surface area contributed by atoms with E-state index in [4.69, 9.17) is 9.31 Å². The predicted octanol–water partition coefficient (Wildman–Crippen LogP) is 4.71. The van der Waals surface area contributed by atoms with Gasteiger partial charge in [0, 0.05) is 17.7 Å². The normalized spacial score (nSPS) is 21.8. The Labute approximate surface area is 175 Å². The molecule has 3 nitrogen and oxygen atoms in total. The van der Waals surface area contributed by atoms with Crippen molar-refractivity contribution in [3.05, 3.63) is 65.7 Å². The van der Waals surface area contributed by atoms with Gasteiger partial charge in [-0.3, -0.25) is 0 Å². The van der Waals surface area contributed by atoms with E-state index in [0.29, 0.717) is 0 Å². The molecular formula is C25H31BNO2+. The number of benzene rings is 2. The molecule has 1 saturated heterocycles. The molecule has 0 aromatic heterocycles. The van der Waals surface area contributed by atoms with Crippen LogP contribution in [-0.4, -0.2) is 35.7 Å². The van der Waals surface area contributed by atoms with Crippen molar-refractivity contribution in [1.29, 1.82) is 0 Å². The Morgan fingerprint density at radius 1 is 0.793 bits per heavy atom. The first-order chi connectivity index (χ1) is 13.5. The summed E-state index contributed by atoms with van der Waals surface area (Å²) >= 11 is 0. The van der Waals surface area contributed by atoms with Crippen LogP contribution < -0.4 is 5.46 Å². The van der Waals surface area contributed by atoms with Crippen molar-refractivity contribution in [2.24, 2.45) is 0 Å². The van der Waals surface area contributed by atoms with Crippen LogP contribution in [0.25, 0.3) is 6.08 Å². The highest BCUT2D eigenvalue weighted by Gasteiger charge is 2.51. The molecule has 0 radical (unpaired) electrons. The molecule has 0 unspecified atom stereocenters. The Hall–Kier alpha value is -2.17. The third kappa shape index (κ3) is 3.29. The van der Waals surface area contributed by atoms with Gasteiger partial charge in [0.1, 0.15) is 7.05 Å². The van der Waals surface area contributed by atoms with Crippen LogP contribution in [0.1, 0.15) is 52.7 Å². The minimum atomic E-state index is -0.319. The fraction of sp³-hybridized carbons (Fsp3) is 0.400. The van der Waals surface area contributed by atoms with Crippen molar-refractivity contribution in [2.45, 2.75) is 58.2 Å². The second-order valence-corrected chi connectivity index (χ2v) is 9.67. The summed E-state index contributed by atoms with van der Waals surface area (Å²) in [5, 5.41) is 0. The van der Waals surface area contributed by atoms with E-state index in [1.165, 1.54) is 17.0 Å². The molecule has 0 amide bonds. The molecule has 2 aromatic carbocycles. The van der Waals surface area contributed by atoms with Crippen LogP contribution >= 0.6 is 0 Å². The van der Waals surface area contributed by atoms with Gasteiger partial charge < -0.3 is 9.31 Å². The molecular weight excluding hydrogens is 357 g/mol. The van der Waals surface area contributed by atoms with Crippen LogP contribution in [0.3, 0.4) is 0 Å². The zero-order chi connectivity index (χ0) is 21.0. The summed E-state index contributed by atoms with van der Waals surface area (Å²) in [5.41, 5.74) is 5.53. The lowest BCUT2D eigenvalue weighted by molar-refractivity contribution is -0.401. The number of fused-ring (bicyclic) bond motifs is 1. The van der Waals surface area contributed by atoms with E-state index < -0.39 is 0 Å². The van der Waals surface area contributed by atoms with E-state index in [9.17, 15) is 0 Å². The van der Waals surface area contributed by atoms with Gasteiger partial charge in [0.25, 0.3) is 0 Å². The van der Waals surface area contributed by atoms with E-state index in [-0.39, 0.29) is 23.7 Å². The lowest BCUT2D eigenvalue weighted by atomic mass is 9.78. The molecule has 0 bridgehead atoms. The Morgan fingerprint density at radius 2 is 1.38 bits per heavy atom. The van der Waals surface area contributed by atoms with Gasteiger partial charge in [0.05, 0.1) is 16.6 Å². The van der Waals surface area contributed by atoms with Gasteiger partial charge in [-0.1, -0.05) is 42.5 Å². The predicted molar refractivity (Wildman–Crippen MR) is 122 cm³/mol. The molecule has 0 saturated carbocycles. The third-order valence-corrected chi connectivity index (χ3v) is 6.84. The molecule has 2 aromatic rings. The lowest BCUT2D eigenvalue weighted by Crippen LogP contribution is -2.41. The molecule has 4 heteroatoms. The smallest absolute Gasteiger partial charge is 0.399 e. The summed E-state index contributed by atoms with van der Waals surface area (Å²) in [5.74, 6) is 0. The first kappa shape index (κ1) is 20.1. The highest BCUT2D eigenvalue weighted by atomic mass is 16.7. The number of para-hydroxylation sites is 1. The van der Waals surface area contributed by atoms with E-state index in [2.05, 4.69) is 114 Å². The van der Waals surface area contributed by atoms with Crippen molar-refractivity contribution < 1.29 is 13.9 Å². The number of allylic oxidation sites excluding steroid dienone is 1. The summed E-state index contributed by atoms with van der Waals surface area (Å²) in [7, 11) is 1.83. The summed E-state index contributed by atoms with van der Waals surface area (Å²) in [6.07, 6.45) is 4.43. The summed E-state index contributed by atoms with van der Waals surface area (Å²) in [4.78, 5) is 0. The Morgan fingerprint density at radius 3 is 1.97 bits per heavy atom. The van der Waals surface area contributed by atoms with Gasteiger partial charge in [-0.2, -0.15) is 4.58 Å².